The summed E-state index contributed by atoms with van der Waals surface area (Å²) < 4.78 is 42.6. The molecule has 0 radical (unpaired) electrons. The van der Waals surface area contributed by atoms with Crippen molar-refractivity contribution in [2.45, 2.75) is 70.4 Å². The van der Waals surface area contributed by atoms with Crippen LogP contribution in [0.25, 0.3) is 0 Å². The lowest BCUT2D eigenvalue weighted by atomic mass is 10.1. The molecule has 5 N–H and O–H groups in total. The minimum absolute atomic E-state index is 0.371. The molecule has 0 spiro atoms. The van der Waals surface area contributed by atoms with Crippen LogP contribution in [0.1, 0.15) is 27.7 Å². The zero-order valence-corrected chi connectivity index (χ0v) is 28.9. The van der Waals surface area contributed by atoms with Crippen LogP contribution in [0, 0.1) is 0 Å². The van der Waals surface area contributed by atoms with E-state index in [1.807, 2.05) is 0 Å². The highest BCUT2D eigenvalue weighted by molar-refractivity contribution is 5.82. The van der Waals surface area contributed by atoms with Crippen LogP contribution < -0.4 is 0 Å². The van der Waals surface area contributed by atoms with Crippen molar-refractivity contribution in [3.05, 3.63) is 48.6 Å². The summed E-state index contributed by atoms with van der Waals surface area (Å²) in [5.41, 5.74) is 0. The van der Waals surface area contributed by atoms with E-state index in [1.54, 1.807) is 27.7 Å². The third kappa shape index (κ3) is 23.8. The number of ether oxygens (including phenoxy) is 8. The lowest BCUT2D eigenvalue weighted by Gasteiger charge is -2.34. The first-order chi connectivity index (χ1) is 23.9. The Morgan fingerprint density at radius 2 is 0.780 bits per heavy atom. The molecule has 0 saturated heterocycles. The van der Waals surface area contributed by atoms with E-state index in [4.69, 9.17) is 37.9 Å². The van der Waals surface area contributed by atoms with Crippen LogP contribution in [0.15, 0.2) is 48.6 Å². The number of hydrogen-bond donors (Lipinski definition) is 5. The van der Waals surface area contributed by atoms with Crippen molar-refractivity contribution in [2.24, 2.45) is 0 Å². The van der Waals surface area contributed by atoms with E-state index in [-0.39, 0.29) is 6.61 Å². The van der Waals surface area contributed by atoms with Gasteiger partial charge in [-0.1, -0.05) is 24.3 Å². The molecule has 0 aliphatic rings. The Kier molecular flexibility index (Phi) is 27.2. The zero-order valence-electron chi connectivity index (χ0n) is 28.9. The molecule has 286 valence electrons. The molecule has 0 heterocycles. The Morgan fingerprint density at radius 3 is 1.12 bits per heavy atom. The number of aliphatic hydroxyl groups excluding tert-OH is 5. The lowest BCUT2D eigenvalue weighted by Crippen LogP contribution is -2.49. The quantitative estimate of drug-likeness (QED) is 0.0372. The number of esters is 4. The summed E-state index contributed by atoms with van der Waals surface area (Å²) in [5, 5.41) is 51.7. The van der Waals surface area contributed by atoms with Gasteiger partial charge in [-0.3, -0.25) is 0 Å². The molecule has 0 aliphatic carbocycles. The van der Waals surface area contributed by atoms with Gasteiger partial charge in [-0.05, 0) is 27.7 Å². The highest BCUT2D eigenvalue weighted by atomic mass is 16.6. The second-order valence-electron chi connectivity index (χ2n) is 10.4. The number of allylic oxidation sites excluding steroid dienone is 4. The van der Waals surface area contributed by atoms with E-state index >= 15 is 0 Å². The molecule has 7 atom stereocenters. The first-order valence-corrected chi connectivity index (χ1v) is 15.8. The third-order valence-corrected chi connectivity index (χ3v) is 5.87. The standard InChI is InChI=1S/C33H52O17/c1-5-9-29(39)46-17-23(35)14-43-22-28(45-16-25(37)19-48-31(41)11-7-3)33(50-21-26(38)20-49-32(42)12-8-4)27(13-34)44-15-24(36)18-47-30(40)10-6-2/h5-12,23-28,33-38H,13-22H2,1-4H3/t23?,24?,25?,26?,27-,28+,33+/m0/s1. The second kappa shape index (κ2) is 29.2. The molecule has 0 rings (SSSR count). The number of hydrogen-bond acceptors (Lipinski definition) is 17. The molecule has 0 bridgehead atoms. The van der Waals surface area contributed by atoms with Gasteiger partial charge < -0.3 is 63.4 Å². The number of rotatable bonds is 28. The largest absolute Gasteiger partial charge is 0.460 e. The third-order valence-electron chi connectivity index (χ3n) is 5.87. The molecule has 0 aromatic heterocycles. The van der Waals surface area contributed by atoms with Gasteiger partial charge in [-0.25, -0.2) is 19.2 Å². The molecule has 0 aromatic rings. The van der Waals surface area contributed by atoms with Gasteiger partial charge in [0.05, 0.1) is 39.6 Å². The summed E-state index contributed by atoms with van der Waals surface area (Å²) in [5.74, 6) is -2.79. The van der Waals surface area contributed by atoms with Crippen LogP contribution in [-0.2, 0) is 57.1 Å². The molecule has 0 aliphatic heterocycles. The summed E-state index contributed by atoms with van der Waals surface area (Å²) in [4.78, 5) is 46.5. The molecular formula is C33H52O17. The molecule has 4 unspecified atom stereocenters. The molecule has 0 fully saturated rings. The molecule has 17 nitrogen and oxygen atoms in total. The van der Waals surface area contributed by atoms with Crippen LogP contribution in [0.5, 0.6) is 0 Å². The first kappa shape index (κ1) is 46.5. The van der Waals surface area contributed by atoms with Gasteiger partial charge in [0, 0.05) is 24.3 Å². The zero-order chi connectivity index (χ0) is 37.7. The monoisotopic (exact) mass is 720 g/mol. The van der Waals surface area contributed by atoms with Crippen molar-refractivity contribution in [2.75, 3.05) is 66.1 Å². The van der Waals surface area contributed by atoms with Gasteiger partial charge >= 0.3 is 23.9 Å². The van der Waals surface area contributed by atoms with E-state index < -0.39 is 126 Å². The summed E-state index contributed by atoms with van der Waals surface area (Å²) >= 11 is 0. The van der Waals surface area contributed by atoms with Gasteiger partial charge in [0.25, 0.3) is 0 Å². The van der Waals surface area contributed by atoms with Gasteiger partial charge in [-0.15, -0.1) is 0 Å². The SMILES string of the molecule is CC=CC(=O)OCC(O)COC[C@@H](OCC(O)COC(=O)C=CC)[C@H](OCC(O)COC(=O)C=CC)[C@H](CO)OCC(O)COC(=O)C=CC. The summed E-state index contributed by atoms with van der Waals surface area (Å²) in [7, 11) is 0. The topological polar surface area (TPSA) is 243 Å². The highest BCUT2D eigenvalue weighted by Gasteiger charge is 2.34. The Bertz CT molecular complexity index is 1070. The second-order valence-corrected chi connectivity index (χ2v) is 10.4. The maximum absolute atomic E-state index is 11.7. The van der Waals surface area contributed by atoms with Gasteiger partial charge in [0.15, 0.2) is 0 Å². The first-order valence-electron chi connectivity index (χ1n) is 15.8. The van der Waals surface area contributed by atoms with Crippen LogP contribution >= 0.6 is 0 Å². The fourth-order valence-corrected chi connectivity index (χ4v) is 3.60. The van der Waals surface area contributed by atoms with Crippen molar-refractivity contribution in [3.8, 4) is 0 Å². The van der Waals surface area contributed by atoms with Crippen LogP contribution in [0.4, 0.5) is 0 Å². The average Bonchev–Trinajstić information content (AvgIpc) is 3.08. The summed E-state index contributed by atoms with van der Waals surface area (Å²) in [6.45, 7) is 1.72. The molecule has 50 heavy (non-hydrogen) atoms. The molecular weight excluding hydrogens is 668 g/mol. The number of aliphatic hydroxyl groups is 5. The fraction of sp³-hybridized carbons (Fsp3) is 0.636. The van der Waals surface area contributed by atoms with E-state index in [9.17, 15) is 44.7 Å². The molecule has 17 heteroatoms. The van der Waals surface area contributed by atoms with Crippen LogP contribution in [-0.4, -0.2) is 158 Å². The Morgan fingerprint density at radius 1 is 0.460 bits per heavy atom. The smallest absolute Gasteiger partial charge is 0.330 e. The van der Waals surface area contributed by atoms with Crippen molar-refractivity contribution in [1.82, 2.24) is 0 Å². The van der Waals surface area contributed by atoms with Gasteiger partial charge in [0.2, 0.25) is 0 Å². The maximum Gasteiger partial charge on any atom is 0.330 e. The number of carbonyl (C=O) groups excluding carboxylic acids is 4. The highest BCUT2D eigenvalue weighted by Crippen LogP contribution is 2.16. The van der Waals surface area contributed by atoms with E-state index in [0.717, 1.165) is 24.3 Å². The lowest BCUT2D eigenvalue weighted by molar-refractivity contribution is -0.191. The average molecular weight is 721 g/mol. The molecule has 0 aromatic carbocycles. The van der Waals surface area contributed by atoms with Gasteiger partial charge in [0.1, 0.15) is 69.2 Å². The fourth-order valence-electron chi connectivity index (χ4n) is 3.60. The predicted molar refractivity (Wildman–Crippen MR) is 174 cm³/mol. The van der Waals surface area contributed by atoms with Crippen molar-refractivity contribution >= 4 is 23.9 Å². The Balaban J connectivity index is 5.97. The summed E-state index contributed by atoms with van der Waals surface area (Å²) in [6.07, 6.45) is 1.22. The van der Waals surface area contributed by atoms with Crippen molar-refractivity contribution < 1.29 is 82.6 Å². The van der Waals surface area contributed by atoms with E-state index in [0.29, 0.717) is 0 Å². The van der Waals surface area contributed by atoms with Crippen LogP contribution in [0.3, 0.4) is 0 Å². The predicted octanol–water partition coefficient (Wildman–Crippen LogP) is -0.928. The minimum atomic E-state index is -1.37. The van der Waals surface area contributed by atoms with Crippen LogP contribution in [0.2, 0.25) is 0 Å². The number of carbonyl (C=O) groups is 4. The Hall–Kier alpha value is -3.52. The maximum atomic E-state index is 11.7. The van der Waals surface area contributed by atoms with Crippen molar-refractivity contribution in [3.63, 3.8) is 0 Å². The molecule has 0 saturated carbocycles. The van der Waals surface area contributed by atoms with E-state index in [1.165, 1.54) is 24.3 Å². The van der Waals surface area contributed by atoms with E-state index in [2.05, 4.69) is 0 Å². The van der Waals surface area contributed by atoms with Crippen molar-refractivity contribution in [1.29, 1.82) is 0 Å². The van der Waals surface area contributed by atoms with Gasteiger partial charge in [-0.2, -0.15) is 0 Å². The minimum Gasteiger partial charge on any atom is -0.460 e. The summed E-state index contributed by atoms with van der Waals surface area (Å²) in [6, 6.07) is 0. The normalized spacial score (nSPS) is 16.3. The Labute approximate surface area is 291 Å². The molecule has 0 amide bonds.